The van der Waals surface area contributed by atoms with E-state index in [0.717, 1.165) is 24.8 Å². The highest BCUT2D eigenvalue weighted by Crippen LogP contribution is 2.59. The summed E-state index contributed by atoms with van der Waals surface area (Å²) < 4.78 is 0. The molecule has 2 unspecified atom stereocenters. The lowest BCUT2D eigenvalue weighted by atomic mass is 9.63. The highest BCUT2D eigenvalue weighted by molar-refractivity contribution is 5.35. The minimum atomic E-state index is -0.850. The van der Waals surface area contributed by atoms with Crippen molar-refractivity contribution in [3.05, 3.63) is 36.0 Å². The van der Waals surface area contributed by atoms with Crippen molar-refractivity contribution in [1.29, 1.82) is 0 Å². The van der Waals surface area contributed by atoms with Gasteiger partial charge in [-0.25, -0.2) is 0 Å². The fourth-order valence-electron chi connectivity index (χ4n) is 4.66. The van der Waals surface area contributed by atoms with E-state index in [1.807, 2.05) is 13.0 Å². The zero-order valence-corrected chi connectivity index (χ0v) is 14.6. The maximum atomic E-state index is 11.5. The van der Waals surface area contributed by atoms with E-state index in [9.17, 15) is 5.11 Å². The van der Waals surface area contributed by atoms with Gasteiger partial charge in [0.15, 0.2) is 0 Å². The maximum absolute atomic E-state index is 11.5. The lowest BCUT2D eigenvalue weighted by molar-refractivity contribution is -0.0413. The Bertz CT molecular complexity index is 498. The Morgan fingerprint density at radius 2 is 1.86 bits per heavy atom. The predicted octanol–water partition coefficient (Wildman–Crippen LogP) is 5.42. The zero-order valence-electron chi connectivity index (χ0n) is 14.6. The standard InChI is InChI=1S/C20H32O/c1-8-19(7)12-10-17-16(14(2)3)9-11-18(17,6)13-20(19,21)15(4)5/h8,14,21H,1,4,9-13H2,2-3,5-7H3/t18-,19?,20?/m0/s1. The van der Waals surface area contributed by atoms with Gasteiger partial charge in [-0.05, 0) is 55.9 Å². The molecule has 118 valence electrons. The van der Waals surface area contributed by atoms with Crippen molar-refractivity contribution in [3.8, 4) is 0 Å². The van der Waals surface area contributed by atoms with Crippen molar-refractivity contribution in [3.63, 3.8) is 0 Å². The average molecular weight is 288 g/mol. The zero-order chi connectivity index (χ0) is 16.1. The molecular weight excluding hydrogens is 256 g/mol. The van der Waals surface area contributed by atoms with Crippen molar-refractivity contribution in [1.82, 2.24) is 0 Å². The Kier molecular flexibility index (Phi) is 4.04. The van der Waals surface area contributed by atoms with Gasteiger partial charge in [-0.15, -0.1) is 6.58 Å². The van der Waals surface area contributed by atoms with Gasteiger partial charge in [0.05, 0.1) is 5.60 Å². The second-order valence-electron chi connectivity index (χ2n) is 8.16. The molecule has 0 aliphatic heterocycles. The van der Waals surface area contributed by atoms with Gasteiger partial charge in [0, 0.05) is 5.41 Å². The van der Waals surface area contributed by atoms with Crippen LogP contribution in [-0.4, -0.2) is 10.7 Å². The summed E-state index contributed by atoms with van der Waals surface area (Å²) in [4.78, 5) is 0. The van der Waals surface area contributed by atoms with Gasteiger partial charge in [0.1, 0.15) is 0 Å². The average Bonchev–Trinajstić information content (AvgIpc) is 2.68. The van der Waals surface area contributed by atoms with Crippen LogP contribution in [0.15, 0.2) is 36.0 Å². The number of fused-ring (bicyclic) bond motifs is 1. The molecule has 2 aliphatic rings. The second kappa shape index (κ2) is 5.12. The fourth-order valence-corrected chi connectivity index (χ4v) is 4.66. The van der Waals surface area contributed by atoms with Gasteiger partial charge in [-0.2, -0.15) is 0 Å². The number of aliphatic hydroxyl groups is 1. The highest BCUT2D eigenvalue weighted by Gasteiger charge is 2.54. The summed E-state index contributed by atoms with van der Waals surface area (Å²) in [6, 6.07) is 0. The molecule has 0 bridgehead atoms. The SMILES string of the molecule is C=CC1(C)CCC2=C(C(C)C)CC[C@@]2(C)CC1(O)C(=C)C. The summed E-state index contributed by atoms with van der Waals surface area (Å²) in [6.07, 6.45) is 7.15. The number of hydrogen-bond donors (Lipinski definition) is 1. The second-order valence-corrected chi connectivity index (χ2v) is 8.16. The third kappa shape index (κ3) is 2.34. The molecule has 0 spiro atoms. The molecule has 0 heterocycles. The number of hydrogen-bond acceptors (Lipinski definition) is 1. The van der Waals surface area contributed by atoms with Gasteiger partial charge < -0.3 is 5.11 Å². The topological polar surface area (TPSA) is 20.2 Å². The Morgan fingerprint density at radius 1 is 1.24 bits per heavy atom. The van der Waals surface area contributed by atoms with E-state index in [0.29, 0.717) is 5.92 Å². The minimum Gasteiger partial charge on any atom is -0.385 e. The molecule has 0 radical (unpaired) electrons. The molecule has 21 heavy (non-hydrogen) atoms. The van der Waals surface area contributed by atoms with Gasteiger partial charge in [0.25, 0.3) is 0 Å². The normalized spacial score (nSPS) is 40.1. The first kappa shape index (κ1) is 16.5. The molecule has 0 amide bonds. The van der Waals surface area contributed by atoms with Crippen molar-refractivity contribution in [2.24, 2.45) is 16.7 Å². The molecule has 2 rings (SSSR count). The first-order valence-corrected chi connectivity index (χ1v) is 8.34. The molecule has 0 aromatic rings. The van der Waals surface area contributed by atoms with E-state index >= 15 is 0 Å². The van der Waals surface area contributed by atoms with Crippen LogP contribution in [-0.2, 0) is 0 Å². The molecule has 1 N–H and O–H groups in total. The molecule has 2 aliphatic carbocycles. The van der Waals surface area contributed by atoms with Crippen LogP contribution >= 0.6 is 0 Å². The van der Waals surface area contributed by atoms with Crippen LogP contribution in [0.2, 0.25) is 0 Å². The Hall–Kier alpha value is -0.820. The predicted molar refractivity (Wildman–Crippen MR) is 91.1 cm³/mol. The van der Waals surface area contributed by atoms with Crippen molar-refractivity contribution in [2.45, 2.75) is 72.3 Å². The quantitative estimate of drug-likeness (QED) is 0.687. The summed E-state index contributed by atoms with van der Waals surface area (Å²) in [6.45, 7) is 19.2. The minimum absolute atomic E-state index is 0.119. The van der Waals surface area contributed by atoms with Crippen molar-refractivity contribution < 1.29 is 5.11 Å². The van der Waals surface area contributed by atoms with Crippen LogP contribution in [0.3, 0.4) is 0 Å². The van der Waals surface area contributed by atoms with Gasteiger partial charge in [0.2, 0.25) is 0 Å². The van der Waals surface area contributed by atoms with E-state index in [-0.39, 0.29) is 10.8 Å². The smallest absolute Gasteiger partial charge is 0.0947 e. The number of rotatable bonds is 3. The van der Waals surface area contributed by atoms with Gasteiger partial charge in [-0.1, -0.05) is 51.5 Å². The lowest BCUT2D eigenvalue weighted by Crippen LogP contribution is -2.47. The van der Waals surface area contributed by atoms with Crippen molar-refractivity contribution >= 4 is 0 Å². The molecule has 1 nitrogen and oxygen atoms in total. The van der Waals surface area contributed by atoms with Gasteiger partial charge in [-0.3, -0.25) is 0 Å². The van der Waals surface area contributed by atoms with E-state index in [1.54, 1.807) is 11.1 Å². The van der Waals surface area contributed by atoms with Crippen LogP contribution in [0.4, 0.5) is 0 Å². The van der Waals surface area contributed by atoms with E-state index < -0.39 is 5.60 Å². The summed E-state index contributed by atoms with van der Waals surface area (Å²) in [5, 5.41) is 11.5. The lowest BCUT2D eigenvalue weighted by Gasteiger charge is -2.45. The van der Waals surface area contributed by atoms with Crippen LogP contribution in [0, 0.1) is 16.7 Å². The molecule has 3 atom stereocenters. The van der Waals surface area contributed by atoms with Crippen molar-refractivity contribution in [2.75, 3.05) is 0 Å². The largest absolute Gasteiger partial charge is 0.385 e. The molecule has 1 saturated carbocycles. The van der Waals surface area contributed by atoms with E-state index in [1.165, 1.54) is 12.8 Å². The third-order valence-electron chi connectivity index (χ3n) is 6.40. The molecular formula is C20H32O. The van der Waals surface area contributed by atoms with Crippen LogP contribution in [0.1, 0.15) is 66.7 Å². The molecule has 0 aromatic heterocycles. The Labute approximate surface area is 130 Å². The molecule has 1 heteroatoms. The van der Waals surface area contributed by atoms with Gasteiger partial charge >= 0.3 is 0 Å². The number of allylic oxidation sites excluding steroid dienone is 2. The molecule has 0 saturated heterocycles. The monoisotopic (exact) mass is 288 g/mol. The van der Waals surface area contributed by atoms with Crippen LogP contribution in [0.25, 0.3) is 0 Å². The summed E-state index contributed by atoms with van der Waals surface area (Å²) >= 11 is 0. The summed E-state index contributed by atoms with van der Waals surface area (Å²) in [5.41, 5.74) is 3.11. The molecule has 0 aromatic carbocycles. The fraction of sp³-hybridized carbons (Fsp3) is 0.700. The third-order valence-corrected chi connectivity index (χ3v) is 6.40. The van der Waals surface area contributed by atoms with E-state index in [4.69, 9.17) is 0 Å². The van der Waals surface area contributed by atoms with E-state index in [2.05, 4.69) is 40.9 Å². The first-order chi connectivity index (χ1) is 9.59. The highest BCUT2D eigenvalue weighted by atomic mass is 16.3. The molecule has 1 fully saturated rings. The van der Waals surface area contributed by atoms with Crippen LogP contribution < -0.4 is 0 Å². The first-order valence-electron chi connectivity index (χ1n) is 8.34. The summed E-state index contributed by atoms with van der Waals surface area (Å²) in [7, 11) is 0. The Morgan fingerprint density at radius 3 is 2.33 bits per heavy atom. The van der Waals surface area contributed by atoms with Crippen LogP contribution in [0.5, 0.6) is 0 Å². The Balaban J connectivity index is 2.56. The maximum Gasteiger partial charge on any atom is 0.0947 e. The summed E-state index contributed by atoms with van der Waals surface area (Å²) in [5.74, 6) is 0.618.